The van der Waals surface area contributed by atoms with Gasteiger partial charge in [0.1, 0.15) is 10.5 Å². The van der Waals surface area contributed by atoms with Crippen LogP contribution in [-0.4, -0.2) is 22.0 Å². The Kier molecular flexibility index (Phi) is 3.35. The number of aromatic nitrogens is 2. The lowest BCUT2D eigenvalue weighted by Crippen LogP contribution is -2.07. The normalized spacial score (nSPS) is 11.2. The standard InChI is InChI=1S/C18H14N2O2S/c1-2-22-18(21)15-11-12(13-7-5-6-10-19-13)17-20(15)14-8-3-4-9-16(14)23-17/h3-11H,2H2,1H3. The topological polar surface area (TPSA) is 43.6 Å². The molecule has 114 valence electrons. The Bertz CT molecular complexity index is 1000. The molecule has 4 rings (SSSR count). The molecule has 0 aliphatic heterocycles. The van der Waals surface area contributed by atoms with Crippen molar-refractivity contribution in [2.75, 3.05) is 6.61 Å². The third kappa shape index (κ3) is 2.21. The van der Waals surface area contributed by atoms with E-state index >= 15 is 0 Å². The number of thiazole rings is 1. The molecule has 0 saturated heterocycles. The minimum atomic E-state index is -0.312. The summed E-state index contributed by atoms with van der Waals surface area (Å²) in [5, 5.41) is 0. The lowest BCUT2D eigenvalue weighted by molar-refractivity contribution is 0.0519. The summed E-state index contributed by atoms with van der Waals surface area (Å²) in [7, 11) is 0. The van der Waals surface area contributed by atoms with E-state index in [1.165, 1.54) is 0 Å². The third-order valence-corrected chi connectivity index (χ3v) is 4.85. The number of hydrogen-bond donors (Lipinski definition) is 0. The first kappa shape index (κ1) is 14.0. The van der Waals surface area contributed by atoms with Crippen LogP contribution in [0.3, 0.4) is 0 Å². The van der Waals surface area contributed by atoms with Crippen molar-refractivity contribution in [3.8, 4) is 11.3 Å². The number of nitrogens with zero attached hydrogens (tertiary/aromatic N) is 2. The van der Waals surface area contributed by atoms with Crippen LogP contribution in [0.15, 0.2) is 54.7 Å². The largest absolute Gasteiger partial charge is 0.461 e. The summed E-state index contributed by atoms with van der Waals surface area (Å²) in [6, 6.07) is 15.7. The van der Waals surface area contributed by atoms with Crippen LogP contribution < -0.4 is 0 Å². The molecule has 4 aromatic rings. The van der Waals surface area contributed by atoms with Gasteiger partial charge in [-0.25, -0.2) is 4.79 Å². The van der Waals surface area contributed by atoms with E-state index in [0.29, 0.717) is 12.3 Å². The predicted molar refractivity (Wildman–Crippen MR) is 92.0 cm³/mol. The van der Waals surface area contributed by atoms with E-state index in [9.17, 15) is 4.79 Å². The first-order valence-electron chi connectivity index (χ1n) is 7.41. The molecule has 4 nitrogen and oxygen atoms in total. The lowest BCUT2D eigenvalue weighted by Gasteiger charge is -2.01. The highest BCUT2D eigenvalue weighted by Crippen LogP contribution is 2.36. The summed E-state index contributed by atoms with van der Waals surface area (Å²) in [6.07, 6.45) is 1.76. The van der Waals surface area contributed by atoms with Gasteiger partial charge in [-0.05, 0) is 37.3 Å². The number of fused-ring (bicyclic) bond motifs is 3. The molecule has 0 atom stereocenters. The second-order valence-corrected chi connectivity index (χ2v) is 6.12. The minimum Gasteiger partial charge on any atom is -0.461 e. The number of para-hydroxylation sites is 1. The summed E-state index contributed by atoms with van der Waals surface area (Å²) in [4.78, 5) is 17.8. The van der Waals surface area contributed by atoms with E-state index in [4.69, 9.17) is 4.74 Å². The average molecular weight is 322 g/mol. The van der Waals surface area contributed by atoms with Gasteiger partial charge < -0.3 is 4.74 Å². The van der Waals surface area contributed by atoms with Gasteiger partial charge in [0.2, 0.25) is 0 Å². The van der Waals surface area contributed by atoms with Gasteiger partial charge >= 0.3 is 5.97 Å². The summed E-state index contributed by atoms with van der Waals surface area (Å²) in [6.45, 7) is 2.17. The van der Waals surface area contributed by atoms with Crippen LogP contribution in [0.25, 0.3) is 26.3 Å². The first-order valence-corrected chi connectivity index (χ1v) is 8.22. The molecule has 1 aromatic carbocycles. The SMILES string of the molecule is CCOC(=O)c1cc(-c2ccccn2)c2sc3ccccc3n12. The molecule has 0 saturated carbocycles. The van der Waals surface area contributed by atoms with Gasteiger partial charge in [-0.15, -0.1) is 11.3 Å². The third-order valence-electron chi connectivity index (χ3n) is 3.69. The Morgan fingerprint density at radius 1 is 1.22 bits per heavy atom. The van der Waals surface area contributed by atoms with E-state index < -0.39 is 0 Å². The summed E-state index contributed by atoms with van der Waals surface area (Å²) in [5.41, 5.74) is 3.36. The molecule has 0 spiro atoms. The fourth-order valence-corrected chi connectivity index (χ4v) is 3.91. The van der Waals surface area contributed by atoms with Gasteiger partial charge in [-0.3, -0.25) is 9.38 Å². The number of carbonyl (C=O) groups excluding carboxylic acids is 1. The zero-order chi connectivity index (χ0) is 15.8. The Balaban J connectivity index is 2.06. The molecule has 0 aliphatic rings. The number of rotatable bonds is 3. The van der Waals surface area contributed by atoms with Crippen molar-refractivity contribution in [1.82, 2.24) is 9.38 Å². The van der Waals surface area contributed by atoms with Crippen LogP contribution in [0.1, 0.15) is 17.4 Å². The predicted octanol–water partition coefficient (Wildman–Crippen LogP) is 4.39. The maximum absolute atomic E-state index is 12.4. The van der Waals surface area contributed by atoms with Gasteiger partial charge in [0, 0.05) is 11.8 Å². The molecule has 0 amide bonds. The van der Waals surface area contributed by atoms with Crippen LogP contribution in [-0.2, 0) is 4.74 Å². The number of ether oxygens (including phenoxy) is 1. The molecule has 0 fully saturated rings. The second kappa shape index (κ2) is 5.52. The van der Waals surface area contributed by atoms with Crippen molar-refractivity contribution in [1.29, 1.82) is 0 Å². The summed E-state index contributed by atoms with van der Waals surface area (Å²) >= 11 is 1.65. The summed E-state index contributed by atoms with van der Waals surface area (Å²) in [5.74, 6) is -0.312. The molecule has 0 unspecified atom stereocenters. The van der Waals surface area contributed by atoms with Crippen molar-refractivity contribution in [3.63, 3.8) is 0 Å². The van der Waals surface area contributed by atoms with Crippen molar-refractivity contribution in [2.45, 2.75) is 6.92 Å². The van der Waals surface area contributed by atoms with E-state index in [1.807, 2.05) is 53.8 Å². The number of esters is 1. The second-order valence-electron chi connectivity index (χ2n) is 5.09. The molecule has 3 heterocycles. The minimum absolute atomic E-state index is 0.312. The molecule has 0 aliphatic carbocycles. The van der Waals surface area contributed by atoms with Crippen molar-refractivity contribution in [2.24, 2.45) is 0 Å². The van der Waals surface area contributed by atoms with E-state index in [0.717, 1.165) is 26.3 Å². The van der Waals surface area contributed by atoms with Gasteiger partial charge in [-0.2, -0.15) is 0 Å². The fraction of sp³-hybridized carbons (Fsp3) is 0.111. The lowest BCUT2D eigenvalue weighted by atomic mass is 10.2. The van der Waals surface area contributed by atoms with Gasteiger partial charge in [-0.1, -0.05) is 18.2 Å². The first-order chi connectivity index (χ1) is 11.3. The zero-order valence-corrected chi connectivity index (χ0v) is 13.3. The molecule has 23 heavy (non-hydrogen) atoms. The fourth-order valence-electron chi connectivity index (χ4n) is 2.73. The van der Waals surface area contributed by atoms with Crippen molar-refractivity contribution < 1.29 is 9.53 Å². The Morgan fingerprint density at radius 3 is 2.83 bits per heavy atom. The number of carbonyl (C=O) groups is 1. The Morgan fingerprint density at radius 2 is 2.04 bits per heavy atom. The summed E-state index contributed by atoms with van der Waals surface area (Å²) < 4.78 is 8.33. The van der Waals surface area contributed by atoms with E-state index in [2.05, 4.69) is 11.1 Å². The van der Waals surface area contributed by atoms with Crippen molar-refractivity contribution in [3.05, 3.63) is 60.4 Å². The maximum atomic E-state index is 12.4. The van der Waals surface area contributed by atoms with Crippen LogP contribution in [0.5, 0.6) is 0 Å². The average Bonchev–Trinajstić information content (AvgIpc) is 3.13. The van der Waals surface area contributed by atoms with Crippen LogP contribution in [0, 0.1) is 0 Å². The molecular weight excluding hydrogens is 308 g/mol. The van der Waals surface area contributed by atoms with Gasteiger partial charge in [0.15, 0.2) is 0 Å². The molecular formula is C18H14N2O2S. The highest BCUT2D eigenvalue weighted by atomic mass is 32.1. The van der Waals surface area contributed by atoms with Crippen LogP contribution in [0.4, 0.5) is 0 Å². The van der Waals surface area contributed by atoms with Crippen LogP contribution in [0.2, 0.25) is 0 Å². The number of hydrogen-bond acceptors (Lipinski definition) is 4. The molecule has 3 aromatic heterocycles. The highest BCUT2D eigenvalue weighted by molar-refractivity contribution is 7.24. The zero-order valence-electron chi connectivity index (χ0n) is 12.5. The number of pyridine rings is 1. The van der Waals surface area contributed by atoms with Crippen molar-refractivity contribution >= 4 is 32.4 Å². The molecule has 5 heteroatoms. The maximum Gasteiger partial charge on any atom is 0.355 e. The van der Waals surface area contributed by atoms with E-state index in [-0.39, 0.29) is 5.97 Å². The van der Waals surface area contributed by atoms with Crippen LogP contribution >= 0.6 is 11.3 Å². The Labute approximate surface area is 137 Å². The molecule has 0 bridgehead atoms. The number of benzene rings is 1. The van der Waals surface area contributed by atoms with Gasteiger partial charge in [0.05, 0.1) is 22.5 Å². The molecule has 0 N–H and O–H groups in total. The highest BCUT2D eigenvalue weighted by Gasteiger charge is 2.21. The quantitative estimate of drug-likeness (QED) is 0.525. The smallest absolute Gasteiger partial charge is 0.355 e. The van der Waals surface area contributed by atoms with Gasteiger partial charge in [0.25, 0.3) is 0 Å². The molecule has 0 radical (unpaired) electrons. The Hall–Kier alpha value is -2.66. The van der Waals surface area contributed by atoms with E-state index in [1.54, 1.807) is 17.5 Å². The monoisotopic (exact) mass is 322 g/mol.